The topological polar surface area (TPSA) is 61.7 Å². The SMILES string of the molecule is CCCc1nn(C)c2c1nc(N)n2C(C)CCCC(C)C. The Kier molecular flexibility index (Phi) is 4.91. The summed E-state index contributed by atoms with van der Waals surface area (Å²) in [6.45, 7) is 8.93. The van der Waals surface area contributed by atoms with Gasteiger partial charge in [-0.25, -0.2) is 4.98 Å². The van der Waals surface area contributed by atoms with Gasteiger partial charge < -0.3 is 5.73 Å². The number of nitrogens with two attached hydrogens (primary N) is 1. The normalized spacial score (nSPS) is 13.4. The molecular formula is C16H29N5. The van der Waals surface area contributed by atoms with Crippen molar-refractivity contribution in [3.05, 3.63) is 5.69 Å². The van der Waals surface area contributed by atoms with Crippen molar-refractivity contribution in [1.29, 1.82) is 0 Å². The van der Waals surface area contributed by atoms with Crippen LogP contribution in [0.2, 0.25) is 0 Å². The highest BCUT2D eigenvalue weighted by Gasteiger charge is 2.20. The van der Waals surface area contributed by atoms with Gasteiger partial charge in [-0.3, -0.25) is 9.25 Å². The van der Waals surface area contributed by atoms with E-state index in [4.69, 9.17) is 5.73 Å². The number of fused-ring (bicyclic) bond motifs is 1. The number of rotatable bonds is 7. The number of imidazole rings is 1. The second kappa shape index (κ2) is 6.50. The molecule has 0 aliphatic heterocycles. The molecule has 2 aromatic heterocycles. The number of hydrogen-bond donors (Lipinski definition) is 1. The number of aromatic nitrogens is 4. The van der Waals surface area contributed by atoms with Crippen LogP contribution in [0.1, 0.15) is 65.1 Å². The maximum atomic E-state index is 6.17. The molecule has 0 bridgehead atoms. The summed E-state index contributed by atoms with van der Waals surface area (Å²) in [4.78, 5) is 4.57. The van der Waals surface area contributed by atoms with E-state index in [1.165, 1.54) is 12.8 Å². The van der Waals surface area contributed by atoms with Crippen molar-refractivity contribution in [3.8, 4) is 0 Å². The monoisotopic (exact) mass is 291 g/mol. The summed E-state index contributed by atoms with van der Waals surface area (Å²) in [6, 6.07) is 0.360. The second-order valence-corrected chi connectivity index (χ2v) is 6.51. The van der Waals surface area contributed by atoms with Crippen LogP contribution in [0.15, 0.2) is 0 Å². The van der Waals surface area contributed by atoms with Crippen LogP contribution in [0.4, 0.5) is 5.95 Å². The molecular weight excluding hydrogens is 262 g/mol. The first kappa shape index (κ1) is 15.9. The Morgan fingerprint density at radius 2 is 1.90 bits per heavy atom. The number of anilines is 1. The molecule has 0 aliphatic carbocycles. The second-order valence-electron chi connectivity index (χ2n) is 6.51. The van der Waals surface area contributed by atoms with Gasteiger partial charge in [0.15, 0.2) is 5.65 Å². The van der Waals surface area contributed by atoms with Gasteiger partial charge in [0.1, 0.15) is 5.52 Å². The number of nitrogen functional groups attached to an aromatic ring is 1. The van der Waals surface area contributed by atoms with E-state index in [9.17, 15) is 0 Å². The van der Waals surface area contributed by atoms with Crippen molar-refractivity contribution in [2.45, 2.75) is 65.8 Å². The lowest BCUT2D eigenvalue weighted by Crippen LogP contribution is -2.11. The van der Waals surface area contributed by atoms with E-state index < -0.39 is 0 Å². The van der Waals surface area contributed by atoms with Crippen LogP contribution in [0.3, 0.4) is 0 Å². The van der Waals surface area contributed by atoms with Crippen LogP contribution in [0.25, 0.3) is 11.2 Å². The molecule has 0 radical (unpaired) electrons. The highest BCUT2D eigenvalue weighted by molar-refractivity contribution is 5.78. The summed E-state index contributed by atoms with van der Waals surface area (Å²) in [5.41, 5.74) is 9.28. The van der Waals surface area contributed by atoms with Gasteiger partial charge in [-0.2, -0.15) is 5.10 Å². The molecule has 0 spiro atoms. The molecule has 118 valence electrons. The summed E-state index contributed by atoms with van der Waals surface area (Å²) in [5.74, 6) is 1.37. The van der Waals surface area contributed by atoms with Crippen molar-refractivity contribution < 1.29 is 0 Å². The highest BCUT2D eigenvalue weighted by Crippen LogP contribution is 2.28. The van der Waals surface area contributed by atoms with Crippen molar-refractivity contribution in [1.82, 2.24) is 19.3 Å². The molecule has 0 fully saturated rings. The quantitative estimate of drug-likeness (QED) is 0.846. The minimum atomic E-state index is 0.360. The fourth-order valence-electron chi connectivity index (χ4n) is 3.01. The zero-order valence-electron chi connectivity index (χ0n) is 14.1. The minimum absolute atomic E-state index is 0.360. The van der Waals surface area contributed by atoms with Crippen LogP contribution >= 0.6 is 0 Å². The number of hydrogen-bond acceptors (Lipinski definition) is 3. The van der Waals surface area contributed by atoms with Gasteiger partial charge in [0, 0.05) is 13.1 Å². The van der Waals surface area contributed by atoms with E-state index in [-0.39, 0.29) is 0 Å². The fraction of sp³-hybridized carbons (Fsp3) is 0.750. The summed E-state index contributed by atoms with van der Waals surface area (Å²) in [7, 11) is 1.99. The summed E-state index contributed by atoms with van der Waals surface area (Å²) >= 11 is 0. The van der Waals surface area contributed by atoms with Gasteiger partial charge in [0.2, 0.25) is 5.95 Å². The van der Waals surface area contributed by atoms with Gasteiger partial charge in [-0.15, -0.1) is 0 Å². The van der Waals surface area contributed by atoms with Gasteiger partial charge in [-0.1, -0.05) is 40.0 Å². The lowest BCUT2D eigenvalue weighted by molar-refractivity contribution is 0.452. The van der Waals surface area contributed by atoms with Crippen LogP contribution < -0.4 is 5.73 Å². The zero-order chi connectivity index (χ0) is 15.6. The van der Waals surface area contributed by atoms with Crippen LogP contribution in [0.5, 0.6) is 0 Å². The Balaban J connectivity index is 2.28. The van der Waals surface area contributed by atoms with Crippen molar-refractivity contribution in [2.24, 2.45) is 13.0 Å². The first-order chi connectivity index (χ1) is 9.95. The molecule has 1 unspecified atom stereocenters. The average Bonchev–Trinajstić information content (AvgIpc) is 2.87. The van der Waals surface area contributed by atoms with E-state index in [0.29, 0.717) is 12.0 Å². The zero-order valence-corrected chi connectivity index (χ0v) is 14.1. The number of aryl methyl sites for hydroxylation is 2. The third-order valence-electron chi connectivity index (χ3n) is 4.09. The van der Waals surface area contributed by atoms with Crippen LogP contribution in [0, 0.1) is 5.92 Å². The maximum Gasteiger partial charge on any atom is 0.202 e. The van der Waals surface area contributed by atoms with Crippen LogP contribution in [-0.2, 0) is 13.5 Å². The molecule has 21 heavy (non-hydrogen) atoms. The molecule has 2 heterocycles. The molecule has 2 aromatic rings. The summed E-state index contributed by atoms with van der Waals surface area (Å²) < 4.78 is 4.09. The standard InChI is InChI=1S/C16H29N5/c1-6-8-13-14-15(20(5)19-13)21(16(17)18-14)12(4)10-7-9-11(2)3/h11-12H,6-10H2,1-5H3,(H2,17,18). The van der Waals surface area contributed by atoms with Gasteiger partial charge in [0.25, 0.3) is 0 Å². The summed E-state index contributed by atoms with van der Waals surface area (Å²) in [6.07, 6.45) is 5.63. The Labute approximate surface area is 127 Å². The smallest absolute Gasteiger partial charge is 0.202 e. The van der Waals surface area contributed by atoms with Gasteiger partial charge in [0.05, 0.1) is 5.69 Å². The van der Waals surface area contributed by atoms with Crippen LogP contribution in [-0.4, -0.2) is 19.3 Å². The molecule has 1 atom stereocenters. The van der Waals surface area contributed by atoms with E-state index in [2.05, 4.69) is 42.3 Å². The Bertz CT molecular complexity index is 593. The van der Waals surface area contributed by atoms with Gasteiger partial charge >= 0.3 is 0 Å². The molecule has 5 heteroatoms. The first-order valence-corrected chi connectivity index (χ1v) is 8.14. The van der Waals surface area contributed by atoms with Gasteiger partial charge in [-0.05, 0) is 25.7 Å². The predicted molar refractivity (Wildman–Crippen MR) is 88.3 cm³/mol. The average molecular weight is 291 g/mol. The molecule has 0 saturated heterocycles. The third kappa shape index (κ3) is 3.22. The van der Waals surface area contributed by atoms with E-state index in [0.717, 1.165) is 42.0 Å². The maximum absolute atomic E-state index is 6.17. The lowest BCUT2D eigenvalue weighted by Gasteiger charge is -2.16. The molecule has 0 aromatic carbocycles. The predicted octanol–water partition coefficient (Wildman–Crippen LogP) is 3.69. The molecule has 2 N–H and O–H groups in total. The van der Waals surface area contributed by atoms with E-state index >= 15 is 0 Å². The Morgan fingerprint density at radius 3 is 2.52 bits per heavy atom. The fourth-order valence-corrected chi connectivity index (χ4v) is 3.01. The summed E-state index contributed by atoms with van der Waals surface area (Å²) in [5, 5.41) is 4.61. The minimum Gasteiger partial charge on any atom is -0.369 e. The molecule has 0 amide bonds. The molecule has 0 aliphatic rings. The number of nitrogens with zero attached hydrogens (tertiary/aromatic N) is 4. The van der Waals surface area contributed by atoms with Crippen molar-refractivity contribution >= 4 is 17.1 Å². The van der Waals surface area contributed by atoms with E-state index in [1.807, 2.05) is 11.7 Å². The first-order valence-electron chi connectivity index (χ1n) is 8.14. The molecule has 2 rings (SSSR count). The van der Waals surface area contributed by atoms with Crippen molar-refractivity contribution in [3.63, 3.8) is 0 Å². The molecule has 5 nitrogen and oxygen atoms in total. The molecule has 0 saturated carbocycles. The highest BCUT2D eigenvalue weighted by atomic mass is 15.4. The van der Waals surface area contributed by atoms with Crippen molar-refractivity contribution in [2.75, 3.05) is 5.73 Å². The third-order valence-corrected chi connectivity index (χ3v) is 4.09. The Hall–Kier alpha value is -1.52. The Morgan fingerprint density at radius 1 is 1.19 bits per heavy atom. The van der Waals surface area contributed by atoms with E-state index in [1.54, 1.807) is 0 Å². The lowest BCUT2D eigenvalue weighted by atomic mass is 10.0. The largest absolute Gasteiger partial charge is 0.369 e.